The minimum absolute atomic E-state index is 0.249. The molecule has 2 aliphatic rings. The van der Waals surface area contributed by atoms with Crippen molar-refractivity contribution in [3.05, 3.63) is 46.8 Å². The molecule has 24 heavy (non-hydrogen) atoms. The fourth-order valence-electron chi connectivity index (χ4n) is 3.60. The van der Waals surface area contributed by atoms with Gasteiger partial charge in [0.25, 0.3) is 5.91 Å². The molecule has 5 nitrogen and oxygen atoms in total. The van der Waals surface area contributed by atoms with E-state index in [1.807, 2.05) is 6.07 Å². The molecule has 0 unspecified atom stereocenters. The van der Waals surface area contributed by atoms with Crippen molar-refractivity contribution < 1.29 is 9.32 Å². The Morgan fingerprint density at radius 2 is 2.00 bits per heavy atom. The molecule has 1 amide bonds. The van der Waals surface area contributed by atoms with Gasteiger partial charge < -0.3 is 9.84 Å². The number of hydrogen-bond acceptors (Lipinski definition) is 4. The van der Waals surface area contributed by atoms with Gasteiger partial charge in [-0.1, -0.05) is 17.6 Å². The van der Waals surface area contributed by atoms with Crippen molar-refractivity contribution in [1.82, 2.24) is 10.1 Å². The smallest absolute Gasteiger partial charge is 0.294 e. The van der Waals surface area contributed by atoms with E-state index in [9.17, 15) is 4.79 Å². The zero-order chi connectivity index (χ0) is 16.5. The van der Waals surface area contributed by atoms with Crippen molar-refractivity contribution >= 4 is 11.6 Å². The van der Waals surface area contributed by atoms with Crippen LogP contribution in [0.25, 0.3) is 0 Å². The standard InChI is InChI=1S/C19H23N3O2/c1-13-11-18(24-21-13)19(23)20-16-6-5-14-7-9-22(17-3-2-4-17)10-8-15(14)12-16/h5-6,11-12,17H,2-4,7-10H2,1H3,(H,20,23). The number of carbonyl (C=O) groups excluding carboxylic acids is 1. The van der Waals surface area contributed by atoms with Crippen LogP contribution in [0.3, 0.4) is 0 Å². The number of carbonyl (C=O) groups is 1. The number of benzene rings is 1. The molecule has 1 saturated carbocycles. The average molecular weight is 325 g/mol. The van der Waals surface area contributed by atoms with Crippen LogP contribution >= 0.6 is 0 Å². The van der Waals surface area contributed by atoms with E-state index in [0.29, 0.717) is 5.69 Å². The fraction of sp³-hybridized carbons (Fsp3) is 0.474. The Kier molecular flexibility index (Phi) is 4.10. The molecule has 126 valence electrons. The molecule has 5 heteroatoms. The molecular weight excluding hydrogens is 302 g/mol. The summed E-state index contributed by atoms with van der Waals surface area (Å²) in [4.78, 5) is 14.8. The summed E-state index contributed by atoms with van der Waals surface area (Å²) >= 11 is 0. The highest BCUT2D eigenvalue weighted by atomic mass is 16.5. The number of nitrogens with one attached hydrogen (secondary N) is 1. The van der Waals surface area contributed by atoms with Crippen LogP contribution < -0.4 is 5.32 Å². The van der Waals surface area contributed by atoms with E-state index in [-0.39, 0.29) is 11.7 Å². The van der Waals surface area contributed by atoms with Gasteiger partial charge in [-0.15, -0.1) is 0 Å². The van der Waals surface area contributed by atoms with Crippen LogP contribution in [0.5, 0.6) is 0 Å². The molecular formula is C19H23N3O2. The maximum Gasteiger partial charge on any atom is 0.294 e. The van der Waals surface area contributed by atoms with Gasteiger partial charge in [-0.2, -0.15) is 0 Å². The quantitative estimate of drug-likeness (QED) is 0.941. The highest BCUT2D eigenvalue weighted by Gasteiger charge is 2.26. The number of aryl methyl sites for hydroxylation is 1. The van der Waals surface area contributed by atoms with Crippen LogP contribution in [0.1, 0.15) is 46.6 Å². The van der Waals surface area contributed by atoms with Gasteiger partial charge in [0, 0.05) is 30.9 Å². The van der Waals surface area contributed by atoms with Crippen molar-refractivity contribution in [2.45, 2.75) is 45.1 Å². The number of nitrogens with zero attached hydrogens (tertiary/aromatic N) is 2. The predicted octanol–water partition coefficient (Wildman–Crippen LogP) is 3.19. The molecule has 0 bridgehead atoms. The second-order valence-electron chi connectivity index (χ2n) is 6.89. The summed E-state index contributed by atoms with van der Waals surface area (Å²) in [7, 11) is 0. The van der Waals surface area contributed by atoms with Gasteiger partial charge in [-0.25, -0.2) is 0 Å². The van der Waals surface area contributed by atoms with E-state index >= 15 is 0 Å². The van der Waals surface area contributed by atoms with Gasteiger partial charge in [-0.3, -0.25) is 9.69 Å². The molecule has 1 aromatic carbocycles. The van der Waals surface area contributed by atoms with Gasteiger partial charge in [0.15, 0.2) is 0 Å². The monoisotopic (exact) mass is 325 g/mol. The molecule has 1 fully saturated rings. The first-order valence-electron chi connectivity index (χ1n) is 8.79. The molecule has 2 aromatic rings. The summed E-state index contributed by atoms with van der Waals surface area (Å²) in [6.45, 7) is 4.08. The van der Waals surface area contributed by atoms with Crippen LogP contribution in [0.4, 0.5) is 5.69 Å². The van der Waals surface area contributed by atoms with Gasteiger partial charge in [0.2, 0.25) is 5.76 Å². The minimum Gasteiger partial charge on any atom is -0.351 e. The number of aromatic nitrogens is 1. The zero-order valence-electron chi connectivity index (χ0n) is 14.0. The van der Waals surface area contributed by atoms with Crippen LogP contribution in [0.2, 0.25) is 0 Å². The summed E-state index contributed by atoms with van der Waals surface area (Å²) in [5.74, 6) is -0.00105. The number of amides is 1. The van der Waals surface area contributed by atoms with Crippen LogP contribution in [0, 0.1) is 6.92 Å². The number of fused-ring (bicyclic) bond motifs is 1. The maximum atomic E-state index is 12.2. The second-order valence-corrected chi connectivity index (χ2v) is 6.89. The molecule has 1 aliphatic carbocycles. The molecule has 1 aliphatic heterocycles. The molecule has 0 atom stereocenters. The Hall–Kier alpha value is -2.14. The van der Waals surface area contributed by atoms with Crippen molar-refractivity contribution in [1.29, 1.82) is 0 Å². The Bertz CT molecular complexity index is 749. The SMILES string of the molecule is Cc1cc(C(=O)Nc2ccc3c(c2)CCN(C2CCC2)CC3)on1. The molecule has 1 N–H and O–H groups in total. The lowest BCUT2D eigenvalue weighted by Gasteiger charge is -2.36. The number of hydrogen-bond donors (Lipinski definition) is 1. The molecule has 1 aromatic heterocycles. The second kappa shape index (κ2) is 6.40. The zero-order valence-corrected chi connectivity index (χ0v) is 14.0. The van der Waals surface area contributed by atoms with Crippen LogP contribution in [-0.2, 0) is 12.8 Å². The summed E-state index contributed by atoms with van der Waals surface area (Å²) in [6.07, 6.45) is 6.24. The molecule has 4 rings (SSSR count). The van der Waals surface area contributed by atoms with Gasteiger partial charge in [0.05, 0.1) is 5.69 Å². The molecule has 0 saturated heterocycles. The van der Waals surface area contributed by atoms with Crippen molar-refractivity contribution in [2.75, 3.05) is 18.4 Å². The van der Waals surface area contributed by atoms with Crippen molar-refractivity contribution in [2.24, 2.45) is 0 Å². The van der Waals surface area contributed by atoms with E-state index in [4.69, 9.17) is 4.52 Å². The van der Waals surface area contributed by atoms with Crippen LogP contribution in [0.15, 0.2) is 28.8 Å². The first-order valence-corrected chi connectivity index (χ1v) is 8.79. The molecule has 0 spiro atoms. The van der Waals surface area contributed by atoms with E-state index in [1.165, 1.54) is 30.4 Å². The third-order valence-electron chi connectivity index (χ3n) is 5.24. The number of rotatable bonds is 3. The first kappa shape index (κ1) is 15.4. The Balaban J connectivity index is 1.46. The Morgan fingerprint density at radius 3 is 2.67 bits per heavy atom. The highest BCUT2D eigenvalue weighted by Crippen LogP contribution is 2.28. The lowest BCUT2D eigenvalue weighted by Crippen LogP contribution is -2.41. The summed E-state index contributed by atoms with van der Waals surface area (Å²) in [5.41, 5.74) is 4.29. The van der Waals surface area contributed by atoms with Crippen molar-refractivity contribution in [3.8, 4) is 0 Å². The van der Waals surface area contributed by atoms with Crippen molar-refractivity contribution in [3.63, 3.8) is 0 Å². The summed E-state index contributed by atoms with van der Waals surface area (Å²) < 4.78 is 5.02. The normalized spacial score (nSPS) is 18.5. The van der Waals surface area contributed by atoms with E-state index in [2.05, 4.69) is 27.5 Å². The third-order valence-corrected chi connectivity index (χ3v) is 5.24. The largest absolute Gasteiger partial charge is 0.351 e. The van der Waals surface area contributed by atoms with E-state index < -0.39 is 0 Å². The first-order chi connectivity index (χ1) is 11.7. The topological polar surface area (TPSA) is 58.4 Å². The average Bonchev–Trinajstić information content (AvgIpc) is 2.85. The maximum absolute atomic E-state index is 12.2. The number of anilines is 1. The predicted molar refractivity (Wildman–Crippen MR) is 92.3 cm³/mol. The lowest BCUT2D eigenvalue weighted by molar-refractivity contribution is 0.0988. The highest BCUT2D eigenvalue weighted by molar-refractivity contribution is 6.02. The molecule has 0 radical (unpaired) electrons. The third kappa shape index (κ3) is 3.08. The Morgan fingerprint density at radius 1 is 1.21 bits per heavy atom. The van der Waals surface area contributed by atoms with E-state index in [1.54, 1.807) is 13.0 Å². The summed E-state index contributed by atoms with van der Waals surface area (Å²) in [6, 6.07) is 8.70. The fourth-order valence-corrected chi connectivity index (χ4v) is 3.60. The van der Waals surface area contributed by atoms with Gasteiger partial charge in [-0.05, 0) is 55.9 Å². The van der Waals surface area contributed by atoms with Gasteiger partial charge >= 0.3 is 0 Å². The summed E-state index contributed by atoms with van der Waals surface area (Å²) in [5, 5.41) is 6.67. The van der Waals surface area contributed by atoms with Gasteiger partial charge in [0.1, 0.15) is 0 Å². The lowest BCUT2D eigenvalue weighted by atomic mass is 9.91. The van der Waals surface area contributed by atoms with E-state index in [0.717, 1.165) is 37.7 Å². The minimum atomic E-state index is -0.250. The Labute approximate surface area is 142 Å². The van der Waals surface area contributed by atoms with Crippen LogP contribution in [-0.4, -0.2) is 35.1 Å². The molecule has 2 heterocycles.